The second-order valence-corrected chi connectivity index (χ2v) is 7.69. The smallest absolute Gasteiger partial charge is 0.256 e. The van der Waals surface area contributed by atoms with E-state index in [-0.39, 0.29) is 5.91 Å². The predicted molar refractivity (Wildman–Crippen MR) is 127 cm³/mol. The van der Waals surface area contributed by atoms with Crippen LogP contribution in [0.25, 0.3) is 21.9 Å². The molecule has 5 heteroatoms. The van der Waals surface area contributed by atoms with Gasteiger partial charge >= 0.3 is 0 Å². The lowest BCUT2D eigenvalue weighted by Crippen LogP contribution is -2.43. The van der Waals surface area contributed by atoms with Gasteiger partial charge in [0.25, 0.3) is 5.91 Å². The summed E-state index contributed by atoms with van der Waals surface area (Å²) in [7, 11) is 0. The Balaban J connectivity index is 1.54. The van der Waals surface area contributed by atoms with Gasteiger partial charge in [-0.05, 0) is 52.2 Å². The van der Waals surface area contributed by atoms with Crippen LogP contribution >= 0.6 is 0 Å². The summed E-state index contributed by atoms with van der Waals surface area (Å²) in [6.45, 7) is 3.68. The molecular weight excluding hydrogens is 384 g/mol. The van der Waals surface area contributed by atoms with E-state index in [1.807, 2.05) is 54.6 Å². The van der Waals surface area contributed by atoms with Crippen LogP contribution in [0.1, 0.15) is 10.4 Å². The number of fused-ring (bicyclic) bond motifs is 1. The number of benzene rings is 3. The minimum atomic E-state index is -0.0972. The van der Waals surface area contributed by atoms with Crippen LogP contribution in [0, 0.1) is 0 Å². The summed E-state index contributed by atoms with van der Waals surface area (Å²) >= 11 is 0. The molecule has 0 spiro atoms. The van der Waals surface area contributed by atoms with Crippen LogP contribution in [0.5, 0.6) is 0 Å². The minimum absolute atomic E-state index is 0.0972. The Kier molecular flexibility index (Phi) is 5.33. The van der Waals surface area contributed by atoms with E-state index < -0.39 is 0 Å². The molecule has 4 aromatic rings. The van der Waals surface area contributed by atoms with Gasteiger partial charge < -0.3 is 15.5 Å². The van der Waals surface area contributed by atoms with Gasteiger partial charge in [-0.3, -0.25) is 9.78 Å². The van der Waals surface area contributed by atoms with Crippen LogP contribution in [0.4, 0.5) is 11.4 Å². The van der Waals surface area contributed by atoms with Crippen molar-refractivity contribution in [2.75, 3.05) is 36.4 Å². The number of carbonyl (C=O) groups excluding carboxylic acids is 1. The Labute approximate surface area is 181 Å². The summed E-state index contributed by atoms with van der Waals surface area (Å²) < 4.78 is 0. The first-order valence-electron chi connectivity index (χ1n) is 10.6. The zero-order valence-electron chi connectivity index (χ0n) is 17.2. The number of amides is 1. The first-order valence-corrected chi connectivity index (χ1v) is 10.6. The minimum Gasteiger partial charge on any atom is -0.367 e. The van der Waals surface area contributed by atoms with Crippen LogP contribution in [0.3, 0.4) is 0 Å². The quantitative estimate of drug-likeness (QED) is 0.520. The molecule has 0 atom stereocenters. The number of rotatable bonds is 4. The topological polar surface area (TPSA) is 57.3 Å². The van der Waals surface area contributed by atoms with E-state index in [1.54, 1.807) is 12.4 Å². The number of carbonyl (C=O) groups is 1. The fraction of sp³-hybridized carbons (Fsp3) is 0.154. The molecule has 1 aromatic heterocycles. The molecule has 0 aliphatic carbocycles. The van der Waals surface area contributed by atoms with Crippen LogP contribution < -0.4 is 15.5 Å². The van der Waals surface area contributed by atoms with Gasteiger partial charge in [0.1, 0.15) is 0 Å². The highest BCUT2D eigenvalue weighted by atomic mass is 16.1. The maximum Gasteiger partial charge on any atom is 0.256 e. The summed E-state index contributed by atoms with van der Waals surface area (Å²) in [4.78, 5) is 19.8. The SMILES string of the molecule is O=C(Nc1cc(-c2ccncc2)ccc1N1CCNCC1)c1cccc2ccccc12. The maximum atomic E-state index is 13.4. The molecule has 2 N–H and O–H groups in total. The van der Waals surface area contributed by atoms with Crippen molar-refractivity contribution in [2.24, 2.45) is 0 Å². The van der Waals surface area contributed by atoms with Crippen LogP contribution in [-0.2, 0) is 0 Å². The Morgan fingerprint density at radius 3 is 2.48 bits per heavy atom. The van der Waals surface area contributed by atoms with Crippen LogP contribution in [0.2, 0.25) is 0 Å². The largest absolute Gasteiger partial charge is 0.367 e. The summed E-state index contributed by atoms with van der Waals surface area (Å²) in [6.07, 6.45) is 3.57. The molecular formula is C26H24N4O. The third-order valence-corrected chi connectivity index (χ3v) is 5.75. The Bertz CT molecular complexity index is 1210. The van der Waals surface area contributed by atoms with Crippen molar-refractivity contribution >= 4 is 28.1 Å². The monoisotopic (exact) mass is 408 g/mol. The molecule has 154 valence electrons. The number of hydrogen-bond acceptors (Lipinski definition) is 4. The molecule has 5 nitrogen and oxygen atoms in total. The van der Waals surface area contributed by atoms with Crippen molar-refractivity contribution in [1.82, 2.24) is 10.3 Å². The summed E-state index contributed by atoms with van der Waals surface area (Å²) in [5.74, 6) is -0.0972. The number of nitrogens with one attached hydrogen (secondary N) is 2. The second-order valence-electron chi connectivity index (χ2n) is 7.69. The van der Waals surface area contributed by atoms with Gasteiger partial charge in [-0.2, -0.15) is 0 Å². The molecule has 0 bridgehead atoms. The van der Waals surface area contributed by atoms with Crippen molar-refractivity contribution in [3.63, 3.8) is 0 Å². The zero-order valence-corrected chi connectivity index (χ0v) is 17.2. The number of piperazine rings is 1. The lowest BCUT2D eigenvalue weighted by molar-refractivity contribution is 0.102. The molecule has 1 aliphatic heterocycles. The van der Waals surface area contributed by atoms with Crippen LogP contribution in [-0.4, -0.2) is 37.1 Å². The molecule has 0 unspecified atom stereocenters. The fourth-order valence-corrected chi connectivity index (χ4v) is 4.15. The lowest BCUT2D eigenvalue weighted by Gasteiger charge is -2.31. The molecule has 1 aliphatic rings. The summed E-state index contributed by atoms with van der Waals surface area (Å²) in [5, 5.41) is 8.62. The molecule has 1 amide bonds. The summed E-state index contributed by atoms with van der Waals surface area (Å²) in [5.41, 5.74) is 4.68. The second kappa shape index (κ2) is 8.58. The van der Waals surface area contributed by atoms with Gasteiger partial charge in [0, 0.05) is 44.1 Å². The highest BCUT2D eigenvalue weighted by molar-refractivity contribution is 6.14. The van der Waals surface area contributed by atoms with Crippen molar-refractivity contribution in [2.45, 2.75) is 0 Å². The molecule has 0 radical (unpaired) electrons. The average Bonchev–Trinajstić information content (AvgIpc) is 2.84. The van der Waals surface area contributed by atoms with E-state index in [0.29, 0.717) is 5.56 Å². The van der Waals surface area contributed by atoms with Gasteiger partial charge in [-0.1, -0.05) is 42.5 Å². The predicted octanol–water partition coefficient (Wildman–Crippen LogP) is 4.56. The Morgan fingerprint density at radius 2 is 1.65 bits per heavy atom. The van der Waals surface area contributed by atoms with Crippen LogP contribution in [0.15, 0.2) is 85.2 Å². The van der Waals surface area contributed by atoms with E-state index in [2.05, 4.69) is 38.7 Å². The Hall–Kier alpha value is -3.70. The Morgan fingerprint density at radius 1 is 0.871 bits per heavy atom. The van der Waals surface area contributed by atoms with Gasteiger partial charge in [0.05, 0.1) is 11.4 Å². The molecule has 1 fully saturated rings. The maximum absolute atomic E-state index is 13.4. The van der Waals surface area contributed by atoms with Gasteiger partial charge in [0.2, 0.25) is 0 Å². The molecule has 1 saturated heterocycles. The van der Waals surface area contributed by atoms with E-state index >= 15 is 0 Å². The fourth-order valence-electron chi connectivity index (χ4n) is 4.15. The first kappa shape index (κ1) is 19.3. The van der Waals surface area contributed by atoms with Gasteiger partial charge in [-0.15, -0.1) is 0 Å². The molecule has 3 aromatic carbocycles. The number of hydrogen-bond donors (Lipinski definition) is 2. The van der Waals surface area contributed by atoms with Gasteiger partial charge in [-0.25, -0.2) is 0 Å². The van der Waals surface area contributed by atoms with Crippen molar-refractivity contribution in [1.29, 1.82) is 0 Å². The van der Waals surface area contributed by atoms with Crippen molar-refractivity contribution in [3.05, 3.63) is 90.8 Å². The highest BCUT2D eigenvalue weighted by Gasteiger charge is 2.18. The lowest BCUT2D eigenvalue weighted by atomic mass is 10.0. The third kappa shape index (κ3) is 4.00. The molecule has 0 saturated carbocycles. The normalized spacial score (nSPS) is 13.9. The number of aromatic nitrogens is 1. The number of anilines is 2. The molecule has 2 heterocycles. The molecule has 31 heavy (non-hydrogen) atoms. The van der Waals surface area contributed by atoms with Gasteiger partial charge in [0.15, 0.2) is 0 Å². The zero-order chi connectivity index (χ0) is 21.0. The van der Waals surface area contributed by atoms with E-state index in [0.717, 1.165) is 59.5 Å². The van der Waals surface area contributed by atoms with E-state index in [9.17, 15) is 4.79 Å². The van der Waals surface area contributed by atoms with E-state index in [4.69, 9.17) is 0 Å². The summed E-state index contributed by atoms with van der Waals surface area (Å²) in [6, 6.07) is 24.1. The standard InChI is InChI=1S/C26H24N4O/c31-26(23-7-3-5-20-4-1-2-6-22(20)23)29-24-18-21(19-10-12-27-13-11-19)8-9-25(24)30-16-14-28-15-17-30/h1-13,18,28H,14-17H2,(H,29,31). The number of pyridine rings is 1. The highest BCUT2D eigenvalue weighted by Crippen LogP contribution is 2.32. The average molecular weight is 409 g/mol. The van der Waals surface area contributed by atoms with Crippen molar-refractivity contribution < 1.29 is 4.79 Å². The van der Waals surface area contributed by atoms with Crippen molar-refractivity contribution in [3.8, 4) is 11.1 Å². The first-order chi connectivity index (χ1) is 15.3. The number of nitrogens with zero attached hydrogens (tertiary/aromatic N) is 2. The third-order valence-electron chi connectivity index (χ3n) is 5.75. The van der Waals surface area contributed by atoms with E-state index in [1.165, 1.54) is 0 Å². The molecule has 5 rings (SSSR count).